The summed E-state index contributed by atoms with van der Waals surface area (Å²) in [6, 6.07) is 7.14. The number of anilines is 1. The van der Waals surface area contributed by atoms with Gasteiger partial charge in [0.25, 0.3) is 11.8 Å². The van der Waals surface area contributed by atoms with Gasteiger partial charge in [-0.05, 0) is 44.2 Å². The third kappa shape index (κ3) is 4.58. The van der Waals surface area contributed by atoms with Gasteiger partial charge in [-0.15, -0.1) is 11.3 Å². The average molecular weight is 530 g/mol. The van der Waals surface area contributed by atoms with Gasteiger partial charge in [0.15, 0.2) is 5.69 Å². The standard InChI is InChI=1S/C23H18F3N7O3S/c1-11-8-12(2)33(30-11)10-32-6-5-14(31-32)21(35)29-18-17-13(15-4-3-7-36-15)9-16(23(24,25)26)28-22(17)37-19(18)20(27)34/h3-9H,10H2,1-2H3,(H2,27,34)(H,29,35). The zero-order valence-corrected chi connectivity index (χ0v) is 20.1. The molecule has 0 saturated carbocycles. The molecule has 0 aliphatic heterocycles. The Kier molecular flexibility index (Phi) is 5.82. The zero-order valence-electron chi connectivity index (χ0n) is 19.3. The molecule has 2 amide bonds. The molecule has 0 aliphatic carbocycles. The van der Waals surface area contributed by atoms with Gasteiger partial charge in [-0.25, -0.2) is 9.67 Å². The topological polar surface area (TPSA) is 134 Å². The number of nitrogens with two attached hydrogens (primary N) is 1. The lowest BCUT2D eigenvalue weighted by Gasteiger charge is -2.10. The van der Waals surface area contributed by atoms with Crippen molar-refractivity contribution in [3.8, 4) is 11.3 Å². The Morgan fingerprint density at radius 2 is 1.97 bits per heavy atom. The number of halogens is 3. The number of hydrogen-bond donors (Lipinski definition) is 2. The minimum atomic E-state index is -4.76. The van der Waals surface area contributed by atoms with E-state index in [0.717, 1.165) is 17.5 Å². The van der Waals surface area contributed by atoms with E-state index in [1.807, 2.05) is 19.9 Å². The molecule has 190 valence electrons. The number of pyridine rings is 1. The number of thiophene rings is 1. The molecule has 5 aromatic heterocycles. The van der Waals surface area contributed by atoms with Crippen molar-refractivity contribution in [2.24, 2.45) is 5.73 Å². The monoisotopic (exact) mass is 529 g/mol. The lowest BCUT2D eigenvalue weighted by Crippen LogP contribution is -2.18. The molecule has 37 heavy (non-hydrogen) atoms. The van der Waals surface area contributed by atoms with E-state index in [4.69, 9.17) is 10.2 Å². The van der Waals surface area contributed by atoms with Crippen LogP contribution >= 0.6 is 11.3 Å². The Bertz CT molecular complexity index is 1650. The predicted molar refractivity (Wildman–Crippen MR) is 128 cm³/mol. The number of amides is 2. The third-order valence-corrected chi connectivity index (χ3v) is 6.56. The molecule has 5 heterocycles. The molecule has 0 aromatic carbocycles. The van der Waals surface area contributed by atoms with Gasteiger partial charge in [0.05, 0.1) is 17.6 Å². The second-order valence-electron chi connectivity index (χ2n) is 8.14. The molecule has 0 bridgehead atoms. The third-order valence-electron chi connectivity index (χ3n) is 5.46. The molecule has 0 saturated heterocycles. The Hall–Kier alpha value is -4.46. The van der Waals surface area contributed by atoms with E-state index >= 15 is 0 Å². The van der Waals surface area contributed by atoms with Crippen molar-refractivity contribution in [3.63, 3.8) is 0 Å². The molecule has 3 N–H and O–H groups in total. The number of primary amides is 1. The molecule has 0 radical (unpaired) electrons. The quantitative estimate of drug-likeness (QED) is 0.334. The van der Waals surface area contributed by atoms with Crippen LogP contribution in [0, 0.1) is 13.8 Å². The van der Waals surface area contributed by atoms with E-state index in [0.29, 0.717) is 11.3 Å². The predicted octanol–water partition coefficient (Wildman–Crippen LogP) is 4.44. The minimum Gasteiger partial charge on any atom is -0.464 e. The fraction of sp³-hybridized carbons (Fsp3) is 0.174. The van der Waals surface area contributed by atoms with E-state index in [-0.39, 0.29) is 44.5 Å². The van der Waals surface area contributed by atoms with E-state index in [9.17, 15) is 22.8 Å². The first-order valence-electron chi connectivity index (χ1n) is 10.8. The molecule has 14 heteroatoms. The van der Waals surface area contributed by atoms with Gasteiger partial charge in [0, 0.05) is 22.8 Å². The minimum absolute atomic E-state index is 0.00330. The number of alkyl halides is 3. The Labute approximate surface area is 210 Å². The zero-order chi connectivity index (χ0) is 26.5. The van der Waals surface area contributed by atoms with Crippen LogP contribution in [0.5, 0.6) is 0 Å². The first-order chi connectivity index (χ1) is 17.5. The number of hydrogen-bond acceptors (Lipinski definition) is 7. The number of furan rings is 1. The summed E-state index contributed by atoms with van der Waals surface area (Å²) < 4.78 is 49.2. The summed E-state index contributed by atoms with van der Waals surface area (Å²) in [5.74, 6) is -1.54. The van der Waals surface area contributed by atoms with Gasteiger partial charge >= 0.3 is 6.18 Å². The van der Waals surface area contributed by atoms with Gasteiger partial charge in [-0.1, -0.05) is 0 Å². The molecule has 10 nitrogen and oxygen atoms in total. The summed E-state index contributed by atoms with van der Waals surface area (Å²) >= 11 is 0.643. The fourth-order valence-corrected chi connectivity index (χ4v) is 4.86. The van der Waals surface area contributed by atoms with Gasteiger partial charge in [0.1, 0.15) is 27.8 Å². The summed E-state index contributed by atoms with van der Waals surface area (Å²) in [5, 5.41) is 11.3. The van der Waals surface area contributed by atoms with Crippen molar-refractivity contribution >= 4 is 39.1 Å². The molecule has 5 rings (SSSR count). The van der Waals surface area contributed by atoms with E-state index in [1.54, 1.807) is 10.9 Å². The highest BCUT2D eigenvalue weighted by Gasteiger charge is 2.35. The summed E-state index contributed by atoms with van der Waals surface area (Å²) in [4.78, 5) is 28.7. The van der Waals surface area contributed by atoms with Gasteiger partial charge in [-0.3, -0.25) is 14.3 Å². The number of nitrogens with zero attached hydrogens (tertiary/aromatic N) is 5. The number of aryl methyl sites for hydroxylation is 2. The molecule has 0 spiro atoms. The van der Waals surface area contributed by atoms with Crippen molar-refractivity contribution in [1.82, 2.24) is 24.5 Å². The van der Waals surface area contributed by atoms with Gasteiger partial charge < -0.3 is 15.5 Å². The Balaban J connectivity index is 1.56. The van der Waals surface area contributed by atoms with Crippen LogP contribution in [-0.4, -0.2) is 36.4 Å². The molecular weight excluding hydrogens is 511 g/mol. The van der Waals surface area contributed by atoms with Crippen LogP contribution in [0.25, 0.3) is 21.5 Å². The Morgan fingerprint density at radius 3 is 2.59 bits per heavy atom. The molecular formula is C23H18F3N7O3S. The van der Waals surface area contributed by atoms with Crippen molar-refractivity contribution < 1.29 is 27.2 Å². The second-order valence-corrected chi connectivity index (χ2v) is 9.14. The van der Waals surface area contributed by atoms with Crippen molar-refractivity contribution in [1.29, 1.82) is 0 Å². The van der Waals surface area contributed by atoms with Crippen LogP contribution < -0.4 is 11.1 Å². The second kappa shape index (κ2) is 8.89. The maximum Gasteiger partial charge on any atom is 0.433 e. The van der Waals surface area contributed by atoms with E-state index in [2.05, 4.69) is 20.5 Å². The molecule has 0 unspecified atom stereocenters. The van der Waals surface area contributed by atoms with Crippen LogP contribution in [0.1, 0.15) is 37.2 Å². The maximum absolute atomic E-state index is 13.6. The molecule has 0 atom stereocenters. The lowest BCUT2D eigenvalue weighted by atomic mass is 10.1. The highest BCUT2D eigenvalue weighted by molar-refractivity contribution is 7.21. The first kappa shape index (κ1) is 24.2. The van der Waals surface area contributed by atoms with Crippen LogP contribution in [0.15, 0.2) is 47.2 Å². The SMILES string of the molecule is Cc1cc(C)n(Cn2ccc(C(=O)Nc3c(C(N)=O)sc4nc(C(F)(F)F)cc(-c5ccco5)c34)n2)n1. The maximum atomic E-state index is 13.6. The molecule has 5 aromatic rings. The summed E-state index contributed by atoms with van der Waals surface area (Å²) in [6.45, 7) is 4.00. The van der Waals surface area contributed by atoms with Crippen LogP contribution in [0.3, 0.4) is 0 Å². The van der Waals surface area contributed by atoms with Gasteiger partial charge in [-0.2, -0.15) is 23.4 Å². The summed E-state index contributed by atoms with van der Waals surface area (Å²) in [6.07, 6.45) is -1.88. The molecule has 0 fully saturated rings. The molecule has 0 aliphatic rings. The number of rotatable bonds is 6. The number of aromatic nitrogens is 5. The van der Waals surface area contributed by atoms with Crippen LogP contribution in [0.4, 0.5) is 18.9 Å². The Morgan fingerprint density at radius 1 is 1.19 bits per heavy atom. The highest BCUT2D eigenvalue weighted by Crippen LogP contribution is 2.43. The number of nitrogens with one attached hydrogen (secondary N) is 1. The van der Waals surface area contributed by atoms with E-state index < -0.39 is 23.7 Å². The normalized spacial score (nSPS) is 11.8. The largest absolute Gasteiger partial charge is 0.464 e. The van der Waals surface area contributed by atoms with Crippen molar-refractivity contribution in [2.45, 2.75) is 26.7 Å². The number of carbonyl (C=O) groups is 2. The summed E-state index contributed by atoms with van der Waals surface area (Å²) in [5.41, 5.74) is 6.01. The average Bonchev–Trinajstić information content (AvgIpc) is 3.61. The van der Waals surface area contributed by atoms with Crippen LogP contribution in [0.2, 0.25) is 0 Å². The first-order valence-corrected chi connectivity index (χ1v) is 11.6. The number of carbonyl (C=O) groups excluding carboxylic acids is 2. The van der Waals surface area contributed by atoms with Crippen molar-refractivity contribution in [3.05, 3.63) is 70.4 Å². The number of fused-ring (bicyclic) bond motifs is 1. The smallest absolute Gasteiger partial charge is 0.433 e. The van der Waals surface area contributed by atoms with Crippen LogP contribution in [-0.2, 0) is 12.8 Å². The lowest BCUT2D eigenvalue weighted by molar-refractivity contribution is -0.140. The summed E-state index contributed by atoms with van der Waals surface area (Å²) in [7, 11) is 0. The highest BCUT2D eigenvalue weighted by atomic mass is 32.1. The fourth-order valence-electron chi connectivity index (χ4n) is 3.86. The van der Waals surface area contributed by atoms with Gasteiger partial charge in [0.2, 0.25) is 0 Å². The van der Waals surface area contributed by atoms with Crippen molar-refractivity contribution in [2.75, 3.05) is 5.32 Å². The van der Waals surface area contributed by atoms with E-state index in [1.165, 1.54) is 29.1 Å².